The number of rotatable bonds is 7. The number of carbonyl (C=O) groups excluding carboxylic acids is 2. The van der Waals surface area contributed by atoms with E-state index in [0.29, 0.717) is 93.8 Å². The van der Waals surface area contributed by atoms with E-state index in [2.05, 4.69) is 19.9 Å². The van der Waals surface area contributed by atoms with Crippen LogP contribution in [-0.4, -0.2) is 130 Å². The number of nitro benzene ring substituents is 1. The predicted octanol–water partition coefficient (Wildman–Crippen LogP) is 7.37. The lowest BCUT2D eigenvalue weighted by molar-refractivity contribution is -0.384. The van der Waals surface area contributed by atoms with Crippen LogP contribution in [0.1, 0.15) is 81.4 Å². The van der Waals surface area contributed by atoms with Gasteiger partial charge in [-0.2, -0.15) is 0 Å². The predicted molar refractivity (Wildman–Crippen MR) is 284 cm³/mol. The SMILES string of the molecule is C.C.CC1Sc2c(C(=O)O)c(=O)c3cc(F)c(N4CCN(C(=O)c5nc6ccc(N)cc6[nH]5)CC4)cc3n21.CC1Sc2c(C(=O)O)c(=O)c3cc(F)c(N4CCN(C(=O)c5nc6ccc([N+](=O)[O-])cc6[nH]5)CC4)cc3n21. The van der Waals surface area contributed by atoms with Crippen LogP contribution in [0.25, 0.3) is 43.9 Å². The van der Waals surface area contributed by atoms with Crippen molar-refractivity contribution in [3.05, 3.63) is 126 Å². The van der Waals surface area contributed by atoms with Crippen LogP contribution in [0.15, 0.2) is 80.3 Å². The van der Waals surface area contributed by atoms with Gasteiger partial charge in [0, 0.05) is 81.0 Å². The molecule has 8 aromatic rings. The lowest BCUT2D eigenvalue weighted by Crippen LogP contribution is -2.49. The molecule has 12 rings (SSSR count). The Balaban J connectivity index is 0.000000181. The second kappa shape index (κ2) is 19.6. The van der Waals surface area contributed by atoms with Gasteiger partial charge in [-0.15, -0.1) is 0 Å². The molecule has 2 fully saturated rings. The van der Waals surface area contributed by atoms with Crippen LogP contribution in [0.5, 0.6) is 0 Å². The third-order valence-corrected chi connectivity index (χ3v) is 15.9. The maximum Gasteiger partial charge on any atom is 0.342 e. The minimum absolute atomic E-state index is 0. The number of piperazine rings is 2. The highest BCUT2D eigenvalue weighted by atomic mass is 32.2. The van der Waals surface area contributed by atoms with Crippen LogP contribution in [0, 0.1) is 21.7 Å². The number of carboxylic acids is 2. The summed E-state index contributed by atoms with van der Waals surface area (Å²) in [6.45, 7) is 6.43. The smallest absolute Gasteiger partial charge is 0.342 e. The van der Waals surface area contributed by atoms with Gasteiger partial charge in [0.1, 0.15) is 22.8 Å². The van der Waals surface area contributed by atoms with Crippen molar-refractivity contribution in [2.75, 3.05) is 67.9 Å². The maximum atomic E-state index is 15.2. The highest BCUT2D eigenvalue weighted by Gasteiger charge is 2.36. The molecule has 0 aliphatic carbocycles. The molecule has 22 nitrogen and oxygen atoms in total. The minimum Gasteiger partial charge on any atom is -0.477 e. The number of nitrogen functional groups attached to an aromatic ring is 1. The van der Waals surface area contributed by atoms with E-state index in [1.165, 1.54) is 41.7 Å². The Bertz CT molecular complexity index is 3920. The van der Waals surface area contributed by atoms with Gasteiger partial charge >= 0.3 is 11.9 Å². The number of nitrogens with one attached hydrogen (secondary N) is 2. The van der Waals surface area contributed by atoms with Crippen LogP contribution in [-0.2, 0) is 0 Å². The fourth-order valence-corrected chi connectivity index (χ4v) is 12.2. The molecule has 8 heterocycles. The Hall–Kier alpha value is -8.52. The van der Waals surface area contributed by atoms with E-state index in [1.54, 1.807) is 54.2 Å². The van der Waals surface area contributed by atoms with E-state index in [-0.39, 0.29) is 95.4 Å². The third-order valence-electron chi connectivity index (χ3n) is 13.6. The molecule has 76 heavy (non-hydrogen) atoms. The van der Waals surface area contributed by atoms with E-state index < -0.39 is 39.4 Å². The number of carboxylic acid groups (broad SMARTS) is 2. The first-order valence-electron chi connectivity index (χ1n) is 23.0. The van der Waals surface area contributed by atoms with Gasteiger partial charge in [-0.25, -0.2) is 28.3 Å². The highest BCUT2D eigenvalue weighted by molar-refractivity contribution is 8.00. The summed E-state index contributed by atoms with van der Waals surface area (Å²) in [7, 11) is 0. The normalized spacial score (nSPS) is 16.7. The van der Waals surface area contributed by atoms with Gasteiger partial charge < -0.3 is 54.6 Å². The van der Waals surface area contributed by atoms with Crippen molar-refractivity contribution in [1.29, 1.82) is 0 Å². The second-order valence-corrected chi connectivity index (χ2v) is 20.5. The number of anilines is 3. The van der Waals surface area contributed by atoms with E-state index in [4.69, 9.17) is 5.73 Å². The molecular formula is C50H48F2N12O10S2. The van der Waals surface area contributed by atoms with Crippen LogP contribution >= 0.6 is 23.5 Å². The topological polar surface area (TPSA) is 292 Å². The highest BCUT2D eigenvalue weighted by Crippen LogP contribution is 2.48. The van der Waals surface area contributed by atoms with Crippen molar-refractivity contribution in [1.82, 2.24) is 38.9 Å². The lowest BCUT2D eigenvalue weighted by Gasteiger charge is -2.37. The zero-order valence-electron chi connectivity index (χ0n) is 38.9. The average molecular weight is 1080 g/mol. The summed E-state index contributed by atoms with van der Waals surface area (Å²) in [6, 6.07) is 14.7. The number of fused-ring (bicyclic) bond motifs is 8. The Morgan fingerprint density at radius 2 is 1.07 bits per heavy atom. The summed E-state index contributed by atoms with van der Waals surface area (Å²) in [4.78, 5) is 107. The summed E-state index contributed by atoms with van der Waals surface area (Å²) in [6.07, 6.45) is 0. The number of nitro groups is 1. The number of nitrogens with two attached hydrogens (primary N) is 1. The average Bonchev–Trinajstić information content (AvgIpc) is 4.00. The van der Waals surface area contributed by atoms with Gasteiger partial charge in [0.15, 0.2) is 11.6 Å². The van der Waals surface area contributed by atoms with Gasteiger partial charge in [-0.1, -0.05) is 38.4 Å². The Morgan fingerprint density at radius 3 is 1.46 bits per heavy atom. The van der Waals surface area contributed by atoms with Crippen LogP contribution in [0.2, 0.25) is 0 Å². The Labute approximate surface area is 437 Å². The number of thioether (sulfide) groups is 2. The number of hydrogen-bond donors (Lipinski definition) is 5. The molecule has 4 aliphatic rings. The number of aromatic nitrogens is 6. The quantitative estimate of drug-likeness (QED) is 0.0591. The van der Waals surface area contributed by atoms with E-state index in [1.807, 2.05) is 18.7 Å². The number of nitrogens with zero attached hydrogens (tertiary/aromatic N) is 9. The minimum atomic E-state index is -1.34. The molecule has 4 aliphatic heterocycles. The van der Waals surface area contributed by atoms with Gasteiger partial charge in [0.05, 0.1) is 70.2 Å². The number of hydrogen-bond acceptors (Lipinski definition) is 15. The molecule has 0 bridgehead atoms. The standard InChI is InChI=1S/C24H19FN6O6S.C24H21FN6O4S.2CH4/c1-11-30-17-10-18(14(25)9-13(17)20(32)19(24(34)35)23(30)38-11)28-4-6-29(7-5-28)22(33)21-26-15-3-2-12(31(36)37)8-16(15)27-21;1-11-31-17-10-18(14(25)9-13(17)20(32)19(24(34)35)23(31)36-11)29-4-6-30(7-5-29)22(33)21-27-15-3-2-12(26)8-16(15)28-21;;/h2-3,8-11H,4-7H2,1H3,(H,26,27)(H,34,35);2-3,8-11H,4-7,26H2,1H3,(H,27,28)(H,34,35);2*1H4. The summed E-state index contributed by atoms with van der Waals surface area (Å²) in [5.74, 6) is -4.25. The van der Waals surface area contributed by atoms with Crippen molar-refractivity contribution < 1.29 is 43.1 Å². The number of carbonyl (C=O) groups is 4. The number of aromatic carboxylic acids is 2. The molecule has 0 saturated carbocycles. The summed E-state index contributed by atoms with van der Waals surface area (Å²) < 4.78 is 33.9. The molecule has 2 unspecified atom stereocenters. The number of non-ortho nitro benzene ring substituents is 1. The molecule has 0 radical (unpaired) electrons. The molecular weight excluding hydrogens is 1030 g/mol. The number of aromatic amines is 2. The van der Waals surface area contributed by atoms with E-state index in [0.717, 1.165) is 12.1 Å². The number of H-pyrrole nitrogens is 2. The molecule has 6 N–H and O–H groups in total. The Kier molecular flexibility index (Phi) is 13.5. The Morgan fingerprint density at radius 1 is 0.658 bits per heavy atom. The van der Waals surface area contributed by atoms with Gasteiger partial charge in [-0.05, 0) is 62.4 Å². The number of benzene rings is 4. The molecule has 394 valence electrons. The molecule has 2 saturated heterocycles. The summed E-state index contributed by atoms with van der Waals surface area (Å²) in [5, 5.41) is 30.6. The van der Waals surface area contributed by atoms with E-state index in [9.17, 15) is 49.1 Å². The molecule has 4 aromatic heterocycles. The molecule has 4 aromatic carbocycles. The zero-order chi connectivity index (χ0) is 52.2. The molecule has 0 spiro atoms. The van der Waals surface area contributed by atoms with Crippen LogP contribution in [0.3, 0.4) is 0 Å². The summed E-state index contributed by atoms with van der Waals surface area (Å²) in [5.41, 5.74) is 7.88. The monoisotopic (exact) mass is 1080 g/mol. The van der Waals surface area contributed by atoms with Crippen LogP contribution in [0.4, 0.5) is 31.5 Å². The van der Waals surface area contributed by atoms with Gasteiger partial charge in [0.25, 0.3) is 17.5 Å². The largest absolute Gasteiger partial charge is 0.477 e. The number of pyridine rings is 2. The van der Waals surface area contributed by atoms with Crippen molar-refractivity contribution in [2.24, 2.45) is 0 Å². The van der Waals surface area contributed by atoms with Gasteiger partial charge in [-0.3, -0.25) is 29.3 Å². The fraction of sp³-hybridized carbons (Fsp3) is 0.280. The molecule has 26 heteroatoms. The van der Waals surface area contributed by atoms with Crippen molar-refractivity contribution in [3.8, 4) is 0 Å². The first-order valence-corrected chi connectivity index (χ1v) is 24.7. The first kappa shape index (κ1) is 52.3. The maximum absolute atomic E-state index is 15.2. The molecule has 2 amide bonds. The number of amides is 2. The van der Waals surface area contributed by atoms with Crippen LogP contribution < -0.4 is 26.4 Å². The summed E-state index contributed by atoms with van der Waals surface area (Å²) >= 11 is 2.58. The number of imidazole rings is 2. The molecule has 2 atom stereocenters. The van der Waals surface area contributed by atoms with Crippen molar-refractivity contribution in [2.45, 2.75) is 49.5 Å². The van der Waals surface area contributed by atoms with E-state index >= 15 is 8.78 Å². The van der Waals surface area contributed by atoms with Crippen molar-refractivity contribution in [3.63, 3.8) is 0 Å². The lowest BCUT2D eigenvalue weighted by atomic mass is 10.1. The van der Waals surface area contributed by atoms with Gasteiger partial charge in [0.2, 0.25) is 10.9 Å². The zero-order valence-corrected chi connectivity index (χ0v) is 40.6. The van der Waals surface area contributed by atoms with Crippen molar-refractivity contribution >= 4 is 114 Å². The number of halogens is 2. The first-order chi connectivity index (χ1) is 35.4. The fourth-order valence-electron chi connectivity index (χ4n) is 9.87. The third kappa shape index (κ3) is 8.64. The second-order valence-electron chi connectivity index (χ2n) is 17.9.